The molecule has 0 aliphatic carbocycles. The van der Waals surface area contributed by atoms with Crippen LogP contribution in [0.2, 0.25) is 5.02 Å². The molecule has 1 atom stereocenters. The quantitative estimate of drug-likeness (QED) is 0.810. The first kappa shape index (κ1) is 15.0. The third kappa shape index (κ3) is 3.21. The van der Waals surface area contributed by atoms with E-state index in [9.17, 15) is 10.1 Å². The number of ketones is 1. The lowest BCUT2D eigenvalue weighted by Crippen LogP contribution is -2.12. The van der Waals surface area contributed by atoms with Gasteiger partial charge < -0.3 is 4.74 Å². The zero-order valence-corrected chi connectivity index (χ0v) is 12.4. The Morgan fingerprint density at radius 1 is 1.38 bits per heavy atom. The van der Waals surface area contributed by atoms with Gasteiger partial charge in [0.15, 0.2) is 5.78 Å². The summed E-state index contributed by atoms with van der Waals surface area (Å²) in [7, 11) is 1.53. The molecule has 4 nitrogen and oxygen atoms in total. The molecule has 1 unspecified atom stereocenters. The normalized spacial score (nSPS) is 11.5. The van der Waals surface area contributed by atoms with Gasteiger partial charge in [-0.1, -0.05) is 17.7 Å². The van der Waals surface area contributed by atoms with Gasteiger partial charge in [0.25, 0.3) is 0 Å². The van der Waals surface area contributed by atoms with Crippen LogP contribution in [0.15, 0.2) is 36.5 Å². The Balaban J connectivity index is 2.40. The summed E-state index contributed by atoms with van der Waals surface area (Å²) in [6.07, 6.45) is 1.55. The van der Waals surface area contributed by atoms with Gasteiger partial charge in [0, 0.05) is 22.5 Å². The van der Waals surface area contributed by atoms with E-state index in [0.29, 0.717) is 21.9 Å². The molecule has 0 saturated heterocycles. The first-order valence-electron chi connectivity index (χ1n) is 6.26. The Kier molecular flexibility index (Phi) is 4.56. The number of pyridine rings is 1. The smallest absolute Gasteiger partial charge is 0.184 e. The van der Waals surface area contributed by atoms with Crippen LogP contribution in [0.25, 0.3) is 0 Å². The van der Waals surface area contributed by atoms with Crippen LogP contribution in [0.4, 0.5) is 0 Å². The Morgan fingerprint density at radius 2 is 2.14 bits per heavy atom. The highest BCUT2D eigenvalue weighted by Crippen LogP contribution is 2.30. The highest BCUT2D eigenvalue weighted by Gasteiger charge is 2.24. The van der Waals surface area contributed by atoms with Crippen molar-refractivity contribution in [3.63, 3.8) is 0 Å². The Bertz CT molecular complexity index is 722. The second-order valence-corrected chi connectivity index (χ2v) is 4.91. The van der Waals surface area contributed by atoms with E-state index in [4.69, 9.17) is 16.3 Å². The summed E-state index contributed by atoms with van der Waals surface area (Å²) in [6.45, 7) is 1.79. The summed E-state index contributed by atoms with van der Waals surface area (Å²) in [6, 6.07) is 10.2. The predicted molar refractivity (Wildman–Crippen MR) is 79.7 cm³/mol. The average molecular weight is 301 g/mol. The molecule has 1 heterocycles. The monoisotopic (exact) mass is 300 g/mol. The van der Waals surface area contributed by atoms with Gasteiger partial charge in [-0.3, -0.25) is 9.78 Å². The molecule has 0 amide bonds. The molecule has 106 valence electrons. The fourth-order valence-corrected chi connectivity index (χ4v) is 2.28. The van der Waals surface area contributed by atoms with E-state index in [-0.39, 0.29) is 5.78 Å². The molecule has 21 heavy (non-hydrogen) atoms. The third-order valence-corrected chi connectivity index (χ3v) is 3.42. The van der Waals surface area contributed by atoms with Crippen LogP contribution in [0, 0.1) is 18.3 Å². The van der Waals surface area contributed by atoms with Crippen LogP contribution >= 0.6 is 11.6 Å². The molecule has 2 rings (SSSR count). The fraction of sp³-hybridized carbons (Fsp3) is 0.188. The lowest BCUT2D eigenvalue weighted by atomic mass is 9.92. The second-order valence-electron chi connectivity index (χ2n) is 4.50. The van der Waals surface area contributed by atoms with E-state index >= 15 is 0 Å². The number of carbonyl (C=O) groups is 1. The van der Waals surface area contributed by atoms with Gasteiger partial charge >= 0.3 is 0 Å². The number of hydrogen-bond acceptors (Lipinski definition) is 4. The number of carbonyl (C=O) groups excluding carboxylic acids is 1. The fourth-order valence-electron chi connectivity index (χ4n) is 2.00. The summed E-state index contributed by atoms with van der Waals surface area (Å²) in [5, 5.41) is 9.69. The van der Waals surface area contributed by atoms with E-state index in [1.807, 2.05) is 6.07 Å². The summed E-state index contributed by atoms with van der Waals surface area (Å²) in [5.74, 6) is -0.673. The van der Waals surface area contributed by atoms with Crippen molar-refractivity contribution >= 4 is 17.4 Å². The zero-order valence-electron chi connectivity index (χ0n) is 11.6. The molecule has 0 bridgehead atoms. The SMILES string of the molecule is COc1ccc(C(C#N)C(=O)c2ccnc(C)c2)c(Cl)c1. The third-order valence-electron chi connectivity index (χ3n) is 3.09. The summed E-state index contributed by atoms with van der Waals surface area (Å²) in [5.41, 5.74) is 1.64. The molecule has 5 heteroatoms. The molecule has 1 aromatic carbocycles. The van der Waals surface area contributed by atoms with E-state index < -0.39 is 5.92 Å². The summed E-state index contributed by atoms with van der Waals surface area (Å²) in [4.78, 5) is 16.5. The van der Waals surface area contributed by atoms with Gasteiger partial charge in [-0.05, 0) is 36.8 Å². The van der Waals surface area contributed by atoms with Crippen LogP contribution in [0.5, 0.6) is 5.75 Å². The maximum absolute atomic E-state index is 12.5. The van der Waals surface area contributed by atoms with Crippen molar-refractivity contribution in [1.82, 2.24) is 4.98 Å². The Labute approximate surface area is 128 Å². The van der Waals surface area contributed by atoms with Gasteiger partial charge in [-0.15, -0.1) is 0 Å². The predicted octanol–water partition coefficient (Wildman–Crippen LogP) is 3.54. The number of aromatic nitrogens is 1. The largest absolute Gasteiger partial charge is 0.497 e. The summed E-state index contributed by atoms with van der Waals surface area (Å²) < 4.78 is 5.06. The maximum Gasteiger partial charge on any atom is 0.184 e. The number of halogens is 1. The van der Waals surface area contributed by atoms with Crippen LogP contribution in [0.3, 0.4) is 0 Å². The number of nitrogens with zero attached hydrogens (tertiary/aromatic N) is 2. The number of ether oxygens (including phenoxy) is 1. The van der Waals surface area contributed by atoms with Crippen molar-refractivity contribution in [2.24, 2.45) is 0 Å². The minimum absolute atomic E-state index is 0.296. The first-order chi connectivity index (χ1) is 10.1. The molecule has 0 N–H and O–H groups in total. The lowest BCUT2D eigenvalue weighted by Gasteiger charge is -2.12. The van der Waals surface area contributed by atoms with Crippen molar-refractivity contribution in [3.05, 3.63) is 58.4 Å². The number of Topliss-reactive ketones (excluding diaryl/α,β-unsaturated/α-hetero) is 1. The van der Waals surface area contributed by atoms with Gasteiger partial charge in [0.05, 0.1) is 13.2 Å². The van der Waals surface area contributed by atoms with Gasteiger partial charge in [-0.25, -0.2) is 0 Å². The minimum atomic E-state index is -0.954. The molecule has 0 aliphatic rings. The van der Waals surface area contributed by atoms with Crippen molar-refractivity contribution in [2.45, 2.75) is 12.8 Å². The number of nitriles is 1. The first-order valence-corrected chi connectivity index (χ1v) is 6.64. The second kappa shape index (κ2) is 6.38. The standard InChI is InChI=1S/C16H13ClN2O2/c1-10-7-11(5-6-19-10)16(20)14(9-18)13-4-3-12(21-2)8-15(13)17/h3-8,14H,1-2H3. The molecule has 0 saturated carbocycles. The van der Waals surface area contributed by atoms with Crippen LogP contribution in [-0.4, -0.2) is 17.9 Å². The molecule has 0 fully saturated rings. The van der Waals surface area contributed by atoms with Crippen molar-refractivity contribution in [3.8, 4) is 11.8 Å². The zero-order chi connectivity index (χ0) is 15.4. The highest BCUT2D eigenvalue weighted by atomic mass is 35.5. The number of aryl methyl sites for hydroxylation is 1. The van der Waals surface area contributed by atoms with Crippen molar-refractivity contribution < 1.29 is 9.53 Å². The van der Waals surface area contributed by atoms with Crippen molar-refractivity contribution in [1.29, 1.82) is 5.26 Å². The van der Waals surface area contributed by atoms with Gasteiger partial charge in [0.2, 0.25) is 0 Å². The number of rotatable bonds is 4. The molecular weight excluding hydrogens is 288 g/mol. The van der Waals surface area contributed by atoms with Gasteiger partial charge in [0.1, 0.15) is 11.7 Å². The van der Waals surface area contributed by atoms with E-state index in [1.54, 1.807) is 43.5 Å². The maximum atomic E-state index is 12.5. The van der Waals surface area contributed by atoms with Crippen LogP contribution in [-0.2, 0) is 0 Å². The molecule has 2 aromatic rings. The van der Waals surface area contributed by atoms with E-state index in [1.165, 1.54) is 7.11 Å². The van der Waals surface area contributed by atoms with Gasteiger partial charge in [-0.2, -0.15) is 5.26 Å². The Hall–Kier alpha value is -2.38. The number of methoxy groups -OCH3 is 1. The average Bonchev–Trinajstić information content (AvgIpc) is 2.49. The van der Waals surface area contributed by atoms with E-state index in [2.05, 4.69) is 4.98 Å². The number of benzene rings is 1. The molecule has 0 aliphatic heterocycles. The topological polar surface area (TPSA) is 63.0 Å². The highest BCUT2D eigenvalue weighted by molar-refractivity contribution is 6.32. The molecule has 1 aromatic heterocycles. The van der Waals surface area contributed by atoms with Crippen molar-refractivity contribution in [2.75, 3.05) is 7.11 Å². The number of hydrogen-bond donors (Lipinski definition) is 0. The summed E-state index contributed by atoms with van der Waals surface area (Å²) >= 11 is 6.15. The molecular formula is C16H13ClN2O2. The molecule has 0 spiro atoms. The molecule has 0 radical (unpaired) electrons. The lowest BCUT2D eigenvalue weighted by molar-refractivity contribution is 0.0978. The Morgan fingerprint density at radius 3 is 2.71 bits per heavy atom. The van der Waals surface area contributed by atoms with Crippen LogP contribution < -0.4 is 4.74 Å². The minimum Gasteiger partial charge on any atom is -0.497 e. The van der Waals surface area contributed by atoms with Crippen LogP contribution in [0.1, 0.15) is 27.5 Å². The van der Waals surface area contributed by atoms with E-state index in [0.717, 1.165) is 5.69 Å².